The SMILES string of the molecule is C#CC#CC#C[n+]1c(C=C2NCCS2)sc2ccccc21. The largest absolute Gasteiger partial charge is 0.379 e. The summed E-state index contributed by atoms with van der Waals surface area (Å²) < 4.78 is 3.17. The molecule has 0 unspecified atom stereocenters. The number of thiazole rings is 1. The molecule has 100 valence electrons. The lowest BCUT2D eigenvalue weighted by Crippen LogP contribution is -2.29. The molecular formula is C17H11N2S2+. The summed E-state index contributed by atoms with van der Waals surface area (Å²) in [7, 11) is 0. The average molecular weight is 307 g/mol. The number of hydrogen-bond donors (Lipinski definition) is 1. The Kier molecular flexibility index (Phi) is 4.17. The molecule has 0 radical (unpaired) electrons. The third kappa shape index (κ3) is 3.06. The first-order chi connectivity index (χ1) is 10.4. The van der Waals surface area contributed by atoms with Crippen LogP contribution in [-0.4, -0.2) is 12.3 Å². The quantitative estimate of drug-likeness (QED) is 0.642. The van der Waals surface area contributed by atoms with Crippen LogP contribution in [-0.2, 0) is 0 Å². The van der Waals surface area contributed by atoms with Crippen molar-refractivity contribution >= 4 is 39.4 Å². The van der Waals surface area contributed by atoms with Crippen molar-refractivity contribution in [3.8, 4) is 36.1 Å². The van der Waals surface area contributed by atoms with Gasteiger partial charge in [-0.15, -0.1) is 18.2 Å². The van der Waals surface area contributed by atoms with Gasteiger partial charge in [0.15, 0.2) is 0 Å². The van der Waals surface area contributed by atoms with E-state index in [1.54, 1.807) is 11.3 Å². The highest BCUT2D eigenvalue weighted by molar-refractivity contribution is 8.03. The third-order valence-corrected chi connectivity index (χ3v) is 4.88. The molecular weight excluding hydrogens is 296 g/mol. The summed E-state index contributed by atoms with van der Waals surface area (Å²) >= 11 is 3.55. The van der Waals surface area contributed by atoms with Gasteiger partial charge in [-0.05, 0) is 17.9 Å². The van der Waals surface area contributed by atoms with E-state index in [0.29, 0.717) is 0 Å². The normalized spacial score (nSPS) is 14.7. The molecule has 1 saturated heterocycles. The molecule has 2 nitrogen and oxygen atoms in total. The second-order valence-corrected chi connectivity index (χ2v) is 6.36. The Morgan fingerprint density at radius 1 is 1.24 bits per heavy atom. The van der Waals surface area contributed by atoms with E-state index in [9.17, 15) is 0 Å². The molecule has 0 saturated carbocycles. The third-order valence-electron chi connectivity index (χ3n) is 2.82. The monoisotopic (exact) mass is 307 g/mol. The van der Waals surface area contributed by atoms with Crippen LogP contribution >= 0.6 is 23.1 Å². The van der Waals surface area contributed by atoms with E-state index in [-0.39, 0.29) is 0 Å². The smallest absolute Gasteiger partial charge is 0.280 e. The highest BCUT2D eigenvalue weighted by Gasteiger charge is 2.19. The predicted octanol–water partition coefficient (Wildman–Crippen LogP) is 2.27. The second-order valence-electron chi connectivity index (χ2n) is 4.16. The van der Waals surface area contributed by atoms with Gasteiger partial charge in [-0.3, -0.25) is 0 Å². The first-order valence-electron chi connectivity index (χ1n) is 6.37. The summed E-state index contributed by atoms with van der Waals surface area (Å²) in [4.78, 5) is 0. The van der Waals surface area contributed by atoms with Crippen LogP contribution < -0.4 is 9.88 Å². The minimum absolute atomic E-state index is 1.01. The van der Waals surface area contributed by atoms with Gasteiger partial charge < -0.3 is 5.32 Å². The topological polar surface area (TPSA) is 15.9 Å². The van der Waals surface area contributed by atoms with E-state index in [1.165, 1.54) is 9.73 Å². The highest BCUT2D eigenvalue weighted by Crippen LogP contribution is 2.25. The number of rotatable bonds is 1. The minimum atomic E-state index is 1.01. The summed E-state index contributed by atoms with van der Waals surface area (Å²) in [5, 5.41) is 5.64. The number of para-hydroxylation sites is 1. The first kappa shape index (κ1) is 13.7. The number of thioether (sulfide) groups is 1. The van der Waals surface area contributed by atoms with Crippen LogP contribution in [0.3, 0.4) is 0 Å². The molecule has 1 aromatic heterocycles. The van der Waals surface area contributed by atoms with Crippen molar-refractivity contribution in [2.75, 3.05) is 12.3 Å². The van der Waals surface area contributed by atoms with Crippen molar-refractivity contribution in [3.63, 3.8) is 0 Å². The van der Waals surface area contributed by atoms with E-state index in [1.807, 2.05) is 28.5 Å². The van der Waals surface area contributed by atoms with Gasteiger partial charge in [0.05, 0.1) is 17.0 Å². The molecule has 0 spiro atoms. The molecule has 1 fully saturated rings. The van der Waals surface area contributed by atoms with E-state index in [2.05, 4.69) is 53.3 Å². The van der Waals surface area contributed by atoms with Crippen LogP contribution in [0, 0.1) is 36.1 Å². The van der Waals surface area contributed by atoms with Crippen LogP contribution in [0.5, 0.6) is 0 Å². The molecule has 0 atom stereocenters. The Balaban J connectivity index is 2.11. The summed E-state index contributed by atoms with van der Waals surface area (Å²) in [5.74, 6) is 11.3. The van der Waals surface area contributed by atoms with Gasteiger partial charge in [0.1, 0.15) is 4.70 Å². The number of nitrogens with zero attached hydrogens (tertiary/aromatic N) is 1. The average Bonchev–Trinajstić information content (AvgIpc) is 3.12. The molecule has 4 heteroatoms. The Labute approximate surface area is 132 Å². The van der Waals surface area contributed by atoms with E-state index in [0.717, 1.165) is 22.8 Å². The molecule has 1 N–H and O–H groups in total. The summed E-state index contributed by atoms with van der Waals surface area (Å²) in [6, 6.07) is 11.3. The summed E-state index contributed by atoms with van der Waals surface area (Å²) in [6.07, 6.45) is 7.25. The number of nitrogens with one attached hydrogen (secondary N) is 1. The lowest BCUT2D eigenvalue weighted by atomic mass is 10.3. The summed E-state index contributed by atoms with van der Waals surface area (Å²) in [5.41, 5.74) is 1.09. The fourth-order valence-corrected chi connectivity index (χ4v) is 3.90. The Morgan fingerprint density at radius 2 is 2.14 bits per heavy atom. The molecule has 0 bridgehead atoms. The molecule has 21 heavy (non-hydrogen) atoms. The number of aromatic nitrogens is 1. The zero-order chi connectivity index (χ0) is 14.5. The van der Waals surface area contributed by atoms with E-state index >= 15 is 0 Å². The van der Waals surface area contributed by atoms with Crippen molar-refractivity contribution in [2.24, 2.45) is 0 Å². The van der Waals surface area contributed by atoms with Crippen LogP contribution in [0.15, 0.2) is 29.3 Å². The van der Waals surface area contributed by atoms with Gasteiger partial charge in [-0.2, -0.15) is 0 Å². The first-order valence-corrected chi connectivity index (χ1v) is 8.17. The Morgan fingerprint density at radius 3 is 2.95 bits per heavy atom. The molecule has 0 amide bonds. The molecule has 0 aliphatic carbocycles. The predicted molar refractivity (Wildman–Crippen MR) is 90.2 cm³/mol. The lowest BCUT2D eigenvalue weighted by Gasteiger charge is -1.92. The van der Waals surface area contributed by atoms with Crippen molar-refractivity contribution in [2.45, 2.75) is 0 Å². The molecule has 1 aliphatic heterocycles. The maximum atomic E-state index is 5.10. The fourth-order valence-electron chi connectivity index (χ4n) is 1.96. The van der Waals surface area contributed by atoms with Crippen LogP contribution in [0.25, 0.3) is 16.3 Å². The Hall–Kier alpha value is -2.32. The van der Waals surface area contributed by atoms with E-state index < -0.39 is 0 Å². The number of hydrogen-bond acceptors (Lipinski definition) is 3. The molecule has 1 aliphatic rings. The minimum Gasteiger partial charge on any atom is -0.379 e. The van der Waals surface area contributed by atoms with Gasteiger partial charge in [0, 0.05) is 24.3 Å². The number of terminal acetylenes is 1. The highest BCUT2D eigenvalue weighted by atomic mass is 32.2. The zero-order valence-electron chi connectivity index (χ0n) is 11.1. The molecule has 2 aromatic rings. The van der Waals surface area contributed by atoms with Gasteiger partial charge >= 0.3 is 0 Å². The van der Waals surface area contributed by atoms with Gasteiger partial charge in [0.2, 0.25) is 11.6 Å². The second kappa shape index (κ2) is 6.42. The maximum absolute atomic E-state index is 5.10. The molecule has 1 aromatic carbocycles. The summed E-state index contributed by atoms with van der Waals surface area (Å²) in [6.45, 7) is 1.01. The lowest BCUT2D eigenvalue weighted by molar-refractivity contribution is -0.551. The van der Waals surface area contributed by atoms with Crippen LogP contribution in [0.4, 0.5) is 0 Å². The van der Waals surface area contributed by atoms with Crippen molar-refractivity contribution in [3.05, 3.63) is 34.3 Å². The van der Waals surface area contributed by atoms with Gasteiger partial charge in [0.25, 0.3) is 5.01 Å². The van der Waals surface area contributed by atoms with Crippen molar-refractivity contribution < 1.29 is 4.57 Å². The zero-order valence-corrected chi connectivity index (χ0v) is 12.8. The standard InChI is InChI=1S/C17H10N2S2/c1-2-3-4-7-11-19-14-8-5-6-9-15(14)21-17(19)13-16-18-10-12-20-16/h1,5-6,8-9,13H,10,12H2/p+1. The number of benzene rings is 1. The van der Waals surface area contributed by atoms with Gasteiger partial charge in [-0.1, -0.05) is 28.0 Å². The molecule has 2 heterocycles. The fraction of sp³-hybridized carbons (Fsp3) is 0.118. The maximum Gasteiger partial charge on any atom is 0.280 e. The van der Waals surface area contributed by atoms with E-state index in [4.69, 9.17) is 6.42 Å². The number of fused-ring (bicyclic) bond motifs is 1. The van der Waals surface area contributed by atoms with Gasteiger partial charge in [-0.25, -0.2) is 0 Å². The Bertz CT molecular complexity index is 869. The van der Waals surface area contributed by atoms with Crippen molar-refractivity contribution in [1.29, 1.82) is 0 Å². The van der Waals surface area contributed by atoms with Crippen LogP contribution in [0.1, 0.15) is 5.01 Å². The van der Waals surface area contributed by atoms with Crippen molar-refractivity contribution in [1.82, 2.24) is 5.32 Å². The van der Waals surface area contributed by atoms with Crippen LogP contribution in [0.2, 0.25) is 0 Å². The molecule has 3 rings (SSSR count).